The molecule has 24 heavy (non-hydrogen) atoms. The zero-order valence-corrected chi connectivity index (χ0v) is 14.1. The summed E-state index contributed by atoms with van der Waals surface area (Å²) in [7, 11) is 0. The maximum Gasteiger partial charge on any atom is 0.214 e. The molecule has 4 heterocycles. The standard InChI is InChI=1S/C20H24N2O2/c1-2-19-8-7-16-20(13-5-3-4-6-14(13)22(16)12-23)9-10-21(18(19)20)11-15-17(19)24-15/h3-6,12,15-18H,2,7-11H2,1H3/t15-,16+,17-,18+,19-,20+/m1/s1. The number of piperidine rings is 1. The molecule has 1 aromatic carbocycles. The van der Waals surface area contributed by atoms with E-state index in [4.69, 9.17) is 4.74 Å². The van der Waals surface area contributed by atoms with E-state index in [1.54, 1.807) is 0 Å². The lowest BCUT2D eigenvalue weighted by molar-refractivity contribution is -0.108. The van der Waals surface area contributed by atoms with Gasteiger partial charge in [0.15, 0.2) is 0 Å². The maximum absolute atomic E-state index is 12.0. The van der Waals surface area contributed by atoms with Crippen LogP contribution in [0.3, 0.4) is 0 Å². The van der Waals surface area contributed by atoms with E-state index in [1.165, 1.54) is 24.8 Å². The zero-order valence-electron chi connectivity index (χ0n) is 14.1. The van der Waals surface area contributed by atoms with Crippen molar-refractivity contribution in [2.75, 3.05) is 18.0 Å². The van der Waals surface area contributed by atoms with Crippen molar-refractivity contribution >= 4 is 12.1 Å². The van der Waals surface area contributed by atoms with E-state index in [0.717, 1.165) is 31.6 Å². The van der Waals surface area contributed by atoms with Gasteiger partial charge in [-0.2, -0.15) is 0 Å². The van der Waals surface area contributed by atoms with Crippen molar-refractivity contribution in [2.45, 2.75) is 62.3 Å². The van der Waals surface area contributed by atoms with Crippen molar-refractivity contribution in [2.24, 2.45) is 5.41 Å². The molecular weight excluding hydrogens is 300 g/mol. The first-order valence-electron chi connectivity index (χ1n) is 9.49. The molecule has 1 amide bonds. The Kier molecular flexibility index (Phi) is 2.44. The van der Waals surface area contributed by atoms with Crippen molar-refractivity contribution in [3.63, 3.8) is 0 Å². The largest absolute Gasteiger partial charge is 0.368 e. The van der Waals surface area contributed by atoms with Gasteiger partial charge in [-0.1, -0.05) is 25.1 Å². The molecule has 6 rings (SSSR count). The van der Waals surface area contributed by atoms with Crippen LogP contribution in [0.1, 0.15) is 38.2 Å². The van der Waals surface area contributed by atoms with Crippen LogP contribution >= 0.6 is 0 Å². The van der Waals surface area contributed by atoms with Crippen LogP contribution in [-0.4, -0.2) is 48.7 Å². The summed E-state index contributed by atoms with van der Waals surface area (Å²) < 4.78 is 6.16. The first-order valence-corrected chi connectivity index (χ1v) is 9.49. The van der Waals surface area contributed by atoms with Crippen LogP contribution in [0.5, 0.6) is 0 Å². The predicted octanol–water partition coefficient (Wildman–Crippen LogP) is 2.31. The highest BCUT2D eigenvalue weighted by Gasteiger charge is 2.74. The van der Waals surface area contributed by atoms with Crippen LogP contribution in [0.2, 0.25) is 0 Å². The van der Waals surface area contributed by atoms with Crippen molar-refractivity contribution in [3.8, 4) is 0 Å². The third-order valence-electron chi connectivity index (χ3n) is 8.04. The van der Waals surface area contributed by atoms with Gasteiger partial charge in [-0.15, -0.1) is 0 Å². The highest BCUT2D eigenvalue weighted by atomic mass is 16.6. The van der Waals surface area contributed by atoms with E-state index in [0.29, 0.717) is 24.3 Å². The number of benzene rings is 1. The summed E-state index contributed by atoms with van der Waals surface area (Å²) in [5.41, 5.74) is 2.97. The van der Waals surface area contributed by atoms with E-state index in [9.17, 15) is 4.79 Å². The number of para-hydroxylation sites is 1. The third kappa shape index (κ3) is 1.28. The van der Waals surface area contributed by atoms with Gasteiger partial charge in [0.05, 0.1) is 12.2 Å². The van der Waals surface area contributed by atoms with Gasteiger partial charge in [0.1, 0.15) is 0 Å². The number of carbonyl (C=O) groups excluding carboxylic acids is 1. The molecule has 0 N–H and O–H groups in total. The molecule has 1 aromatic rings. The molecule has 0 unspecified atom stereocenters. The lowest BCUT2D eigenvalue weighted by atomic mass is 9.52. The van der Waals surface area contributed by atoms with E-state index >= 15 is 0 Å². The summed E-state index contributed by atoms with van der Waals surface area (Å²) in [6.07, 6.45) is 6.68. The summed E-state index contributed by atoms with van der Waals surface area (Å²) in [6.45, 7) is 4.60. The fourth-order valence-electron chi connectivity index (χ4n) is 7.27. The zero-order chi connectivity index (χ0) is 16.1. The smallest absolute Gasteiger partial charge is 0.214 e. The van der Waals surface area contributed by atoms with Crippen LogP contribution in [0, 0.1) is 5.41 Å². The number of anilines is 1. The Hall–Kier alpha value is -1.39. The Bertz CT molecular complexity index is 736. The number of carbonyl (C=O) groups is 1. The first kappa shape index (κ1) is 13.9. The van der Waals surface area contributed by atoms with Gasteiger partial charge < -0.3 is 9.64 Å². The molecule has 3 saturated heterocycles. The van der Waals surface area contributed by atoms with Crippen LogP contribution in [0.25, 0.3) is 0 Å². The molecule has 4 aliphatic heterocycles. The van der Waals surface area contributed by atoms with Crippen LogP contribution in [-0.2, 0) is 14.9 Å². The average Bonchev–Trinajstić information content (AvgIpc) is 3.23. The van der Waals surface area contributed by atoms with Gasteiger partial charge in [0.25, 0.3) is 0 Å². The monoisotopic (exact) mass is 324 g/mol. The number of epoxide rings is 1. The molecule has 4 nitrogen and oxygen atoms in total. The van der Waals surface area contributed by atoms with Crippen LogP contribution in [0.15, 0.2) is 24.3 Å². The van der Waals surface area contributed by atoms with Crippen molar-refractivity contribution in [1.29, 1.82) is 0 Å². The normalized spacial score (nSPS) is 47.6. The second-order valence-corrected chi connectivity index (χ2v) is 8.45. The van der Waals surface area contributed by atoms with Crippen LogP contribution in [0.4, 0.5) is 5.69 Å². The molecule has 0 radical (unpaired) electrons. The van der Waals surface area contributed by atoms with Gasteiger partial charge in [-0.05, 0) is 43.9 Å². The minimum Gasteiger partial charge on any atom is -0.368 e. The maximum atomic E-state index is 12.0. The SMILES string of the molecule is CC[C@@]12CC[C@@H]3N(C=O)c4ccccc4[C@@]34CCN(C[C@H]3O[C@H]31)[C@@H]24. The summed E-state index contributed by atoms with van der Waals surface area (Å²) in [5, 5.41) is 0. The molecule has 5 aliphatic rings. The topological polar surface area (TPSA) is 36.1 Å². The summed E-state index contributed by atoms with van der Waals surface area (Å²) in [4.78, 5) is 16.7. The fraction of sp³-hybridized carbons (Fsp3) is 0.650. The van der Waals surface area contributed by atoms with Gasteiger partial charge >= 0.3 is 0 Å². The summed E-state index contributed by atoms with van der Waals surface area (Å²) >= 11 is 0. The highest BCUT2D eigenvalue weighted by molar-refractivity contribution is 5.84. The van der Waals surface area contributed by atoms with Crippen LogP contribution < -0.4 is 4.90 Å². The van der Waals surface area contributed by atoms with E-state index in [1.807, 2.05) is 0 Å². The van der Waals surface area contributed by atoms with Crippen molar-refractivity contribution < 1.29 is 9.53 Å². The third-order valence-corrected chi connectivity index (χ3v) is 8.04. The molecule has 1 aliphatic carbocycles. The van der Waals surface area contributed by atoms with Crippen molar-refractivity contribution in [1.82, 2.24) is 4.90 Å². The van der Waals surface area contributed by atoms with Gasteiger partial charge in [-0.25, -0.2) is 0 Å². The number of hydrogen-bond acceptors (Lipinski definition) is 3. The quantitative estimate of drug-likeness (QED) is 0.619. The van der Waals surface area contributed by atoms with Gasteiger partial charge in [-0.3, -0.25) is 9.69 Å². The molecule has 0 bridgehead atoms. The second kappa shape index (κ2) is 4.23. The predicted molar refractivity (Wildman–Crippen MR) is 91.0 cm³/mol. The van der Waals surface area contributed by atoms with E-state index in [-0.39, 0.29) is 10.8 Å². The molecule has 126 valence electrons. The summed E-state index contributed by atoms with van der Waals surface area (Å²) in [5.74, 6) is 0. The number of amides is 1. The second-order valence-electron chi connectivity index (χ2n) is 8.45. The number of rotatable bonds is 2. The van der Waals surface area contributed by atoms with E-state index in [2.05, 4.69) is 41.0 Å². The first-order chi connectivity index (χ1) is 11.8. The highest BCUT2D eigenvalue weighted by Crippen LogP contribution is 2.67. The lowest BCUT2D eigenvalue weighted by Gasteiger charge is -2.57. The number of hydrogen-bond donors (Lipinski definition) is 0. The number of ether oxygens (including phenoxy) is 1. The van der Waals surface area contributed by atoms with Gasteiger partial charge in [0.2, 0.25) is 6.41 Å². The minimum atomic E-state index is 0.114. The molecule has 1 spiro atoms. The molecule has 1 saturated carbocycles. The number of nitrogens with zero attached hydrogens (tertiary/aromatic N) is 2. The Morgan fingerprint density at radius 2 is 2.21 bits per heavy atom. The number of fused-ring (bicyclic) bond motifs is 3. The molecule has 6 atom stereocenters. The Morgan fingerprint density at radius 1 is 1.33 bits per heavy atom. The molecule has 4 heteroatoms. The molecule has 4 fully saturated rings. The fourth-order valence-corrected chi connectivity index (χ4v) is 7.27. The Morgan fingerprint density at radius 3 is 3.04 bits per heavy atom. The average molecular weight is 324 g/mol. The van der Waals surface area contributed by atoms with Gasteiger partial charge in [0, 0.05) is 35.1 Å². The Labute approximate surface area is 142 Å². The van der Waals surface area contributed by atoms with E-state index < -0.39 is 0 Å². The Balaban J connectivity index is 1.60. The lowest BCUT2D eigenvalue weighted by Crippen LogP contribution is -2.66. The molecular formula is C20H24N2O2. The summed E-state index contributed by atoms with van der Waals surface area (Å²) in [6, 6.07) is 9.53. The molecule has 0 aromatic heterocycles. The van der Waals surface area contributed by atoms with Crippen molar-refractivity contribution in [3.05, 3.63) is 29.8 Å². The minimum absolute atomic E-state index is 0.114.